The molecule has 1 aliphatic rings. The van der Waals surface area contributed by atoms with Gasteiger partial charge in [-0.05, 0) is 119 Å². The van der Waals surface area contributed by atoms with E-state index in [2.05, 4.69) is 10.6 Å². The highest BCUT2D eigenvalue weighted by atomic mass is 35.5. The number of ketones is 2. The minimum absolute atomic E-state index is 0.0810. The predicted octanol–water partition coefficient (Wildman–Crippen LogP) is 10.1. The molecule has 14 nitrogen and oxygen atoms in total. The Morgan fingerprint density at radius 2 is 1.46 bits per heavy atom. The van der Waals surface area contributed by atoms with Crippen LogP contribution in [-0.2, 0) is 35.1 Å². The summed E-state index contributed by atoms with van der Waals surface area (Å²) in [6, 6.07) is 21.6. The number of rotatable bonds is 13. The van der Waals surface area contributed by atoms with Gasteiger partial charge in [0.1, 0.15) is 29.0 Å². The van der Waals surface area contributed by atoms with Crippen molar-refractivity contribution in [2.75, 3.05) is 13.6 Å². The molecule has 4 atom stereocenters. The van der Waals surface area contributed by atoms with Crippen LogP contribution in [0, 0.1) is 18.8 Å². The summed E-state index contributed by atoms with van der Waals surface area (Å²) in [6.07, 6.45) is -1.16. The van der Waals surface area contributed by atoms with Gasteiger partial charge < -0.3 is 34.9 Å². The average molecular weight is 953 g/mol. The molecule has 3 amide bonds. The number of alkyl carbamates (subject to hydrolysis) is 1. The lowest BCUT2D eigenvalue weighted by Crippen LogP contribution is -2.45. The molecule has 4 aromatic rings. The molecule has 0 unspecified atom stereocenters. The van der Waals surface area contributed by atoms with Gasteiger partial charge in [0.2, 0.25) is 11.8 Å². The zero-order valence-corrected chi connectivity index (χ0v) is 41.0. The molecular weight excluding hydrogens is 890 g/mol. The largest absolute Gasteiger partial charge is 0.514 e. The van der Waals surface area contributed by atoms with E-state index in [1.807, 2.05) is 31.2 Å². The number of fused-ring (bicyclic) bond motifs is 5. The van der Waals surface area contributed by atoms with Gasteiger partial charge in [0.25, 0.3) is 0 Å². The van der Waals surface area contributed by atoms with Crippen molar-refractivity contribution in [3.05, 3.63) is 112 Å². The van der Waals surface area contributed by atoms with E-state index in [9.17, 15) is 33.9 Å². The topological polar surface area (TPSA) is 195 Å². The maximum Gasteiger partial charge on any atom is 0.514 e. The number of nitrogens with one attached hydrogen (secondary N) is 2. The molecule has 3 N–H and O–H groups in total. The summed E-state index contributed by atoms with van der Waals surface area (Å²) in [5.74, 6) is -5.15. The van der Waals surface area contributed by atoms with E-state index in [1.165, 1.54) is 24.9 Å². The number of carboxylic acids is 1. The lowest BCUT2D eigenvalue weighted by molar-refractivity contribution is -0.144. The number of aryl methyl sites for hydroxylation is 1. The molecule has 4 aromatic carbocycles. The maximum atomic E-state index is 15.0. The molecular formula is C53H62ClN3O11. The lowest BCUT2D eigenvalue weighted by Gasteiger charge is -2.32. The van der Waals surface area contributed by atoms with Crippen molar-refractivity contribution < 1.29 is 52.9 Å². The summed E-state index contributed by atoms with van der Waals surface area (Å²) in [5, 5.41) is 16.1. The van der Waals surface area contributed by atoms with Gasteiger partial charge in [-0.2, -0.15) is 0 Å². The number of ether oxygens (including phenoxy) is 3. The third-order valence-corrected chi connectivity index (χ3v) is 11.6. The molecule has 0 spiro atoms. The fourth-order valence-corrected chi connectivity index (χ4v) is 8.05. The molecule has 5 rings (SSSR count). The molecule has 0 saturated heterocycles. The fourth-order valence-electron chi connectivity index (χ4n) is 7.93. The van der Waals surface area contributed by atoms with Crippen molar-refractivity contribution >= 4 is 53.2 Å². The minimum Gasteiger partial charge on any atom is -0.480 e. The van der Waals surface area contributed by atoms with Gasteiger partial charge in [-0.15, -0.1) is 0 Å². The smallest absolute Gasteiger partial charge is 0.480 e. The molecule has 4 bridgehead atoms. The number of hydrogen-bond donors (Lipinski definition) is 3. The Kier molecular flexibility index (Phi) is 17.4. The van der Waals surface area contributed by atoms with Gasteiger partial charge in [0.05, 0.1) is 0 Å². The van der Waals surface area contributed by atoms with Gasteiger partial charge in [-0.3, -0.25) is 19.2 Å². The summed E-state index contributed by atoms with van der Waals surface area (Å²) in [5.41, 5.74) is 3.07. The predicted molar refractivity (Wildman–Crippen MR) is 258 cm³/mol. The number of halogens is 1. The molecule has 0 radical (unpaired) electrons. The zero-order chi connectivity index (χ0) is 50.1. The van der Waals surface area contributed by atoms with Gasteiger partial charge >= 0.3 is 18.2 Å². The van der Waals surface area contributed by atoms with Gasteiger partial charge in [-0.1, -0.05) is 85.6 Å². The van der Waals surface area contributed by atoms with Crippen molar-refractivity contribution in [3.63, 3.8) is 0 Å². The van der Waals surface area contributed by atoms with E-state index in [-0.39, 0.29) is 43.8 Å². The number of Topliss-reactive ketones (excluding diaryl/α,β-unsaturated/α-hetero) is 2. The average Bonchev–Trinajstić information content (AvgIpc) is 3.25. The summed E-state index contributed by atoms with van der Waals surface area (Å²) in [4.78, 5) is 96.7. The highest BCUT2D eigenvalue weighted by Crippen LogP contribution is 2.39. The molecule has 0 saturated carbocycles. The fraction of sp³-hybridized carbons (Fsp3) is 0.415. The van der Waals surface area contributed by atoms with Crippen LogP contribution in [0.2, 0.25) is 5.02 Å². The first-order valence-corrected chi connectivity index (χ1v) is 23.1. The van der Waals surface area contributed by atoms with Crippen molar-refractivity contribution in [2.24, 2.45) is 11.8 Å². The zero-order valence-electron chi connectivity index (χ0n) is 40.2. The number of hydrogen-bond acceptors (Lipinski definition) is 10. The lowest BCUT2D eigenvalue weighted by atomic mass is 9.87. The van der Waals surface area contributed by atoms with Crippen LogP contribution in [0.5, 0.6) is 5.75 Å². The number of amides is 3. The SMILES string of the molecule is Cc1ccc2cc1-c1cc(ccc1OC(=O)OC(C)(C)C)[C@H](N(C)C(=O)[C@H](CCCCNC(=O)OC(C)(C)C)CC(=O)c1ccc(-c3ccc(Cl)cc3)cc1)C(=O)C[C@@H](C)C(=O)N[C@H](C(=O)O)C2. The normalized spacial score (nSPS) is 16.9. The number of benzene rings is 4. The first kappa shape index (κ1) is 52.4. The Hall–Kier alpha value is -6.54. The Bertz CT molecular complexity index is 2510. The number of likely N-dealkylation sites (N-methyl/N-ethyl adjacent to an activating group) is 1. The van der Waals surface area contributed by atoms with E-state index >= 15 is 4.79 Å². The van der Waals surface area contributed by atoms with Crippen LogP contribution in [0.1, 0.15) is 114 Å². The first-order valence-electron chi connectivity index (χ1n) is 22.7. The summed E-state index contributed by atoms with van der Waals surface area (Å²) in [7, 11) is 1.47. The Morgan fingerprint density at radius 1 is 0.824 bits per heavy atom. The highest BCUT2D eigenvalue weighted by molar-refractivity contribution is 6.30. The van der Waals surface area contributed by atoms with Gasteiger partial charge in [0.15, 0.2) is 11.6 Å². The molecule has 0 fully saturated rings. The van der Waals surface area contributed by atoms with Crippen LogP contribution in [0.4, 0.5) is 9.59 Å². The summed E-state index contributed by atoms with van der Waals surface area (Å²) >= 11 is 6.09. The molecule has 0 aliphatic carbocycles. The number of carbonyl (C=O) groups excluding carboxylic acids is 6. The monoisotopic (exact) mass is 951 g/mol. The Labute approximate surface area is 403 Å². The van der Waals surface area contributed by atoms with Crippen molar-refractivity contribution in [2.45, 2.75) is 117 Å². The van der Waals surface area contributed by atoms with Crippen molar-refractivity contribution in [1.29, 1.82) is 0 Å². The Balaban J connectivity index is 1.55. The molecule has 1 aliphatic heterocycles. The second-order valence-corrected chi connectivity index (χ2v) is 19.8. The quantitative estimate of drug-likeness (QED) is 0.0500. The molecule has 362 valence electrons. The number of carbonyl (C=O) groups is 7. The number of nitrogens with zero attached hydrogens (tertiary/aromatic N) is 1. The van der Waals surface area contributed by atoms with E-state index in [0.29, 0.717) is 51.2 Å². The summed E-state index contributed by atoms with van der Waals surface area (Å²) < 4.78 is 16.6. The van der Waals surface area contributed by atoms with Gasteiger partial charge in [0, 0.05) is 60.8 Å². The van der Waals surface area contributed by atoms with Crippen LogP contribution >= 0.6 is 11.6 Å². The van der Waals surface area contributed by atoms with Crippen molar-refractivity contribution in [3.8, 4) is 28.0 Å². The number of carboxylic acid groups (broad SMARTS) is 1. The van der Waals surface area contributed by atoms with Crippen LogP contribution < -0.4 is 15.4 Å². The molecule has 1 heterocycles. The van der Waals surface area contributed by atoms with Crippen LogP contribution in [0.15, 0.2) is 84.9 Å². The van der Waals surface area contributed by atoms with Crippen LogP contribution in [-0.4, -0.2) is 82.4 Å². The van der Waals surface area contributed by atoms with Gasteiger partial charge in [-0.25, -0.2) is 14.4 Å². The third-order valence-electron chi connectivity index (χ3n) is 11.4. The van der Waals surface area contributed by atoms with Crippen molar-refractivity contribution in [1.82, 2.24) is 15.5 Å². The van der Waals surface area contributed by atoms with E-state index in [1.54, 1.807) is 96.1 Å². The highest BCUT2D eigenvalue weighted by Gasteiger charge is 2.36. The van der Waals surface area contributed by atoms with Crippen LogP contribution in [0.25, 0.3) is 22.3 Å². The van der Waals surface area contributed by atoms with E-state index in [4.69, 9.17) is 25.8 Å². The number of aliphatic carboxylic acids is 1. The second kappa shape index (κ2) is 22.5. The third kappa shape index (κ3) is 14.7. The standard InChI is InChI=1S/C53H62ClN3O11/c1-31-13-14-33-27-40(31)41-29-37(21-24-45(41)66-51(65)68-53(6,7)8)46(44(59)26-32(2)47(60)56-42(28-33)49(62)63)57(9)48(61)38(12-10-11-25-55-50(64)67-52(3,4)5)30-43(58)36-17-15-34(16-18-36)35-19-22-39(54)23-20-35/h13-24,27,29,32,38,42,46H,10-12,25-26,28,30H2,1-9H3,(H,55,64)(H,56,60)(H,62,63)/t32-,38-,42+,46+/m1/s1. The minimum atomic E-state index is -1.34. The first-order chi connectivity index (χ1) is 31.9. The maximum absolute atomic E-state index is 15.0. The van der Waals surface area contributed by atoms with E-state index < -0.39 is 70.9 Å². The number of unbranched alkanes of at least 4 members (excludes halogenated alkanes) is 1. The Morgan fingerprint density at radius 3 is 2.07 bits per heavy atom. The molecule has 15 heteroatoms. The molecule has 0 aromatic heterocycles. The summed E-state index contributed by atoms with van der Waals surface area (Å²) in [6.45, 7) is 13.9. The molecule has 68 heavy (non-hydrogen) atoms. The second-order valence-electron chi connectivity index (χ2n) is 19.3. The van der Waals surface area contributed by atoms with Crippen LogP contribution in [0.3, 0.4) is 0 Å². The van der Waals surface area contributed by atoms with E-state index in [0.717, 1.165) is 11.1 Å².